The van der Waals surface area contributed by atoms with Crippen molar-refractivity contribution in [2.24, 2.45) is 17.1 Å². The van der Waals surface area contributed by atoms with Crippen LogP contribution in [0.5, 0.6) is 0 Å². The summed E-state index contributed by atoms with van der Waals surface area (Å²) in [6, 6.07) is 7.45. The van der Waals surface area contributed by atoms with Gasteiger partial charge < -0.3 is 26.2 Å². The Morgan fingerprint density at radius 2 is 1.94 bits per heavy atom. The molecule has 0 fully saturated rings. The Hall–Kier alpha value is -1.56. The van der Waals surface area contributed by atoms with E-state index in [1.807, 2.05) is 45.0 Å². The van der Waals surface area contributed by atoms with E-state index in [-0.39, 0.29) is 41.4 Å². The van der Waals surface area contributed by atoms with Crippen LogP contribution >= 0.6 is 12.6 Å². The van der Waals surface area contributed by atoms with Crippen LogP contribution in [-0.2, 0) is 11.2 Å². The van der Waals surface area contributed by atoms with Crippen LogP contribution < -0.4 is 16.4 Å². The van der Waals surface area contributed by atoms with Crippen LogP contribution in [0.15, 0.2) is 24.3 Å². The molecule has 5 unspecified atom stereocenters. The zero-order valence-corrected chi connectivity index (χ0v) is 21.9. The lowest BCUT2D eigenvalue weighted by Gasteiger charge is -2.21. The third kappa shape index (κ3) is 12.5. The first-order valence-corrected chi connectivity index (χ1v) is 12.3. The number of carbonyl (C=O) groups is 1. The number of aryl methyl sites for hydroxylation is 1. The summed E-state index contributed by atoms with van der Waals surface area (Å²) in [6.07, 6.45) is 0.734. The lowest BCUT2D eigenvalue weighted by atomic mass is 9.98. The maximum Gasteiger partial charge on any atom is 0.251 e. The van der Waals surface area contributed by atoms with Gasteiger partial charge >= 0.3 is 0 Å². The minimum atomic E-state index is -0.652. The predicted octanol–water partition coefficient (Wildman–Crippen LogP) is 2.99. The highest BCUT2D eigenvalue weighted by atomic mass is 32.1. The van der Waals surface area contributed by atoms with Crippen LogP contribution in [0.25, 0.3) is 0 Å². The van der Waals surface area contributed by atoms with E-state index in [9.17, 15) is 9.90 Å². The molecule has 0 bridgehead atoms. The summed E-state index contributed by atoms with van der Waals surface area (Å²) in [5.74, 6) is 6.36. The molecule has 33 heavy (non-hydrogen) atoms. The van der Waals surface area contributed by atoms with Gasteiger partial charge in [-0.3, -0.25) is 4.79 Å². The van der Waals surface area contributed by atoms with Crippen molar-refractivity contribution >= 4 is 18.5 Å². The largest absolute Gasteiger partial charge is 0.389 e. The van der Waals surface area contributed by atoms with Gasteiger partial charge in [-0.15, -0.1) is 12.6 Å². The number of benzene rings is 1. The van der Waals surface area contributed by atoms with Crippen molar-refractivity contribution in [3.05, 3.63) is 35.4 Å². The van der Waals surface area contributed by atoms with E-state index in [1.54, 1.807) is 0 Å². The lowest BCUT2D eigenvalue weighted by Crippen LogP contribution is -2.40. The quantitative estimate of drug-likeness (QED) is 0.171. The molecule has 0 aliphatic carbocycles. The minimum absolute atomic E-state index is 0.00946. The van der Waals surface area contributed by atoms with Crippen molar-refractivity contribution in [3.8, 4) is 11.8 Å². The number of ether oxygens (including phenoxy) is 1. The fourth-order valence-corrected chi connectivity index (χ4v) is 3.10. The molecule has 6 nitrogen and oxygen atoms in total. The third-order valence-corrected chi connectivity index (χ3v) is 5.87. The van der Waals surface area contributed by atoms with Gasteiger partial charge in [0.15, 0.2) is 0 Å². The average Bonchev–Trinajstić information content (AvgIpc) is 2.77. The van der Waals surface area contributed by atoms with Gasteiger partial charge in [0, 0.05) is 23.1 Å². The first kappa shape index (κ1) is 29.5. The number of carbonyl (C=O) groups excluding carboxylic acids is 1. The van der Waals surface area contributed by atoms with E-state index in [1.165, 1.54) is 0 Å². The summed E-state index contributed by atoms with van der Waals surface area (Å²) >= 11 is 4.50. The predicted molar refractivity (Wildman–Crippen MR) is 139 cm³/mol. The maximum atomic E-state index is 12.5. The molecular weight excluding hydrogens is 434 g/mol. The Bertz CT molecular complexity index is 785. The van der Waals surface area contributed by atoms with E-state index in [2.05, 4.69) is 55.9 Å². The zero-order chi connectivity index (χ0) is 25.0. The summed E-state index contributed by atoms with van der Waals surface area (Å²) in [7, 11) is 0. The third-order valence-electron chi connectivity index (χ3n) is 5.47. The van der Waals surface area contributed by atoms with Crippen LogP contribution in [0.1, 0.15) is 63.9 Å². The summed E-state index contributed by atoms with van der Waals surface area (Å²) in [4.78, 5) is 12.5. The van der Waals surface area contributed by atoms with E-state index in [0.717, 1.165) is 12.0 Å². The molecule has 0 radical (unpaired) electrons. The van der Waals surface area contributed by atoms with E-state index in [4.69, 9.17) is 10.5 Å². The topological polar surface area (TPSA) is 96.6 Å². The molecule has 1 aromatic rings. The Morgan fingerprint density at radius 3 is 2.58 bits per heavy atom. The normalized spacial score (nSPS) is 16.2. The Morgan fingerprint density at radius 1 is 1.24 bits per heavy atom. The number of amides is 1. The van der Waals surface area contributed by atoms with Crippen molar-refractivity contribution in [3.63, 3.8) is 0 Å². The second kappa shape index (κ2) is 14.6. The van der Waals surface area contributed by atoms with E-state index in [0.29, 0.717) is 25.1 Å². The Labute approximate surface area is 205 Å². The molecule has 186 valence electrons. The Balaban J connectivity index is 2.43. The maximum absolute atomic E-state index is 12.5. The monoisotopic (exact) mass is 477 g/mol. The molecule has 5 N–H and O–H groups in total. The molecule has 1 amide bonds. The second-order valence-electron chi connectivity index (χ2n) is 9.79. The Kier molecular flexibility index (Phi) is 13.1. The molecule has 0 saturated carbocycles. The van der Waals surface area contributed by atoms with Gasteiger partial charge in [-0.1, -0.05) is 30.9 Å². The van der Waals surface area contributed by atoms with Crippen molar-refractivity contribution in [1.82, 2.24) is 10.6 Å². The van der Waals surface area contributed by atoms with Gasteiger partial charge in [-0.2, -0.15) is 0 Å². The number of thiol groups is 1. The SMILES string of the molecule is CC(CN)C(C)NC(=O)c1cccc(CCC(S)OCC(O)C(C)NCC#CC(C)(C)C)c1. The van der Waals surface area contributed by atoms with Crippen LogP contribution in [-0.4, -0.2) is 54.3 Å². The van der Waals surface area contributed by atoms with Crippen LogP contribution in [0.2, 0.25) is 0 Å². The number of nitrogens with one attached hydrogen (secondary N) is 2. The van der Waals surface area contributed by atoms with Crippen LogP contribution in [0.4, 0.5) is 0 Å². The number of nitrogens with two attached hydrogens (primary N) is 1. The van der Waals surface area contributed by atoms with Crippen molar-refractivity contribution < 1.29 is 14.6 Å². The number of hydrogen-bond donors (Lipinski definition) is 5. The number of aliphatic hydroxyl groups is 1. The minimum Gasteiger partial charge on any atom is -0.389 e. The molecule has 0 spiro atoms. The van der Waals surface area contributed by atoms with Crippen molar-refractivity contribution in [2.45, 2.75) is 78.0 Å². The van der Waals surface area contributed by atoms with Gasteiger partial charge in [-0.25, -0.2) is 0 Å². The lowest BCUT2D eigenvalue weighted by molar-refractivity contribution is 0.00891. The molecule has 0 aliphatic heterocycles. The highest BCUT2D eigenvalue weighted by Crippen LogP contribution is 2.14. The van der Waals surface area contributed by atoms with Crippen LogP contribution in [0.3, 0.4) is 0 Å². The first-order chi connectivity index (χ1) is 15.4. The molecular formula is C26H43N3O3S. The zero-order valence-electron chi connectivity index (χ0n) is 21.0. The standard InChI is InChI=1S/C26H43N3O3S/c1-18(16-27)19(2)29-25(31)22-10-7-9-21(15-22)11-12-24(33)32-17-23(30)20(3)28-14-8-13-26(4,5)6/h7,9-10,15,18-20,23-24,28,30,33H,11-12,14,16-17,27H2,1-6H3,(H,29,31). The summed E-state index contributed by atoms with van der Waals surface area (Å²) in [5, 5.41) is 16.5. The molecule has 1 aromatic carbocycles. The molecule has 5 atom stereocenters. The summed E-state index contributed by atoms with van der Waals surface area (Å²) in [6.45, 7) is 13.3. The van der Waals surface area contributed by atoms with Crippen molar-refractivity contribution in [2.75, 3.05) is 19.7 Å². The van der Waals surface area contributed by atoms with Gasteiger partial charge in [0.05, 0.1) is 19.3 Å². The fourth-order valence-electron chi connectivity index (χ4n) is 2.89. The second-order valence-corrected chi connectivity index (χ2v) is 10.4. The van der Waals surface area contributed by atoms with E-state index >= 15 is 0 Å². The molecule has 0 heterocycles. The number of hydrogen-bond acceptors (Lipinski definition) is 6. The molecule has 0 aromatic heterocycles. The number of rotatable bonds is 13. The van der Waals surface area contributed by atoms with Crippen molar-refractivity contribution in [1.29, 1.82) is 0 Å². The number of aliphatic hydroxyl groups excluding tert-OH is 1. The van der Waals surface area contributed by atoms with Gasteiger partial charge in [-0.05, 0) is 77.6 Å². The van der Waals surface area contributed by atoms with Gasteiger partial charge in [0.25, 0.3) is 5.91 Å². The average molecular weight is 478 g/mol. The molecule has 1 rings (SSSR count). The fraction of sp³-hybridized carbons (Fsp3) is 0.654. The molecule has 0 aliphatic rings. The molecule has 7 heteroatoms. The highest BCUT2D eigenvalue weighted by molar-refractivity contribution is 7.80. The highest BCUT2D eigenvalue weighted by Gasteiger charge is 2.17. The van der Waals surface area contributed by atoms with E-state index < -0.39 is 6.10 Å². The molecule has 0 saturated heterocycles. The summed E-state index contributed by atoms with van der Waals surface area (Å²) < 4.78 is 5.72. The smallest absolute Gasteiger partial charge is 0.251 e. The van der Waals surface area contributed by atoms with Gasteiger partial charge in [0.2, 0.25) is 0 Å². The first-order valence-electron chi connectivity index (χ1n) is 11.7. The van der Waals surface area contributed by atoms with Gasteiger partial charge in [0.1, 0.15) is 5.44 Å². The van der Waals surface area contributed by atoms with Crippen LogP contribution in [0, 0.1) is 23.2 Å². The summed E-state index contributed by atoms with van der Waals surface area (Å²) in [5.41, 5.74) is 7.01.